The maximum atomic E-state index is 12.8. The van der Waals surface area contributed by atoms with Gasteiger partial charge in [-0.25, -0.2) is 0 Å². The Morgan fingerprint density at radius 2 is 1.87 bits per heavy atom. The lowest BCUT2D eigenvalue weighted by Crippen LogP contribution is -2.48. The van der Waals surface area contributed by atoms with E-state index in [-0.39, 0.29) is 17.4 Å². The zero-order valence-corrected chi connectivity index (χ0v) is 19.0. The molecule has 6 heteroatoms. The van der Waals surface area contributed by atoms with Gasteiger partial charge >= 0.3 is 0 Å². The standard InChI is InChI=1S/C24H38N4O2/c1-24(2,19-10-12-21(30-4)13-11-19)17-26-23(25-3)27-20-14-15-28(16-20)22(29)18-8-6-5-7-9-18/h10-13,18,20H,5-9,14-17H2,1-4H3,(H2,25,26,27). The number of ether oxygens (including phenoxy) is 1. The second-order valence-electron chi connectivity index (χ2n) is 9.29. The van der Waals surface area contributed by atoms with Crippen molar-refractivity contribution < 1.29 is 9.53 Å². The monoisotopic (exact) mass is 414 g/mol. The van der Waals surface area contributed by atoms with Gasteiger partial charge in [0.15, 0.2) is 5.96 Å². The van der Waals surface area contributed by atoms with Gasteiger partial charge in [0, 0.05) is 44.1 Å². The molecule has 0 aromatic heterocycles. The summed E-state index contributed by atoms with van der Waals surface area (Å²) in [7, 11) is 3.49. The van der Waals surface area contributed by atoms with Gasteiger partial charge in [0.1, 0.15) is 5.75 Å². The predicted molar refractivity (Wildman–Crippen MR) is 122 cm³/mol. The smallest absolute Gasteiger partial charge is 0.225 e. The Hall–Kier alpha value is -2.24. The lowest BCUT2D eigenvalue weighted by atomic mass is 9.84. The lowest BCUT2D eigenvalue weighted by Gasteiger charge is -2.28. The highest BCUT2D eigenvalue weighted by molar-refractivity contribution is 5.81. The van der Waals surface area contributed by atoms with Gasteiger partial charge in [-0.05, 0) is 37.0 Å². The van der Waals surface area contributed by atoms with Gasteiger partial charge in [0.05, 0.1) is 7.11 Å². The number of nitrogens with one attached hydrogen (secondary N) is 2. The van der Waals surface area contributed by atoms with Crippen molar-refractivity contribution in [1.82, 2.24) is 15.5 Å². The second-order valence-corrected chi connectivity index (χ2v) is 9.29. The average molecular weight is 415 g/mol. The van der Waals surface area contributed by atoms with Gasteiger partial charge in [-0.15, -0.1) is 0 Å². The molecule has 0 radical (unpaired) electrons. The minimum absolute atomic E-state index is 0.0530. The summed E-state index contributed by atoms with van der Waals surface area (Å²) in [5.74, 6) is 2.28. The zero-order chi connectivity index (χ0) is 21.6. The molecule has 1 aromatic rings. The Balaban J connectivity index is 1.49. The van der Waals surface area contributed by atoms with Crippen molar-refractivity contribution in [2.24, 2.45) is 10.9 Å². The van der Waals surface area contributed by atoms with Crippen molar-refractivity contribution >= 4 is 11.9 Å². The molecule has 2 aliphatic rings. The van der Waals surface area contributed by atoms with Crippen LogP contribution < -0.4 is 15.4 Å². The fourth-order valence-electron chi connectivity index (χ4n) is 4.52. The maximum Gasteiger partial charge on any atom is 0.225 e. The molecule has 1 heterocycles. The van der Waals surface area contributed by atoms with Crippen LogP contribution in [-0.2, 0) is 10.2 Å². The van der Waals surface area contributed by atoms with Crippen LogP contribution in [0.15, 0.2) is 29.3 Å². The highest BCUT2D eigenvalue weighted by Gasteiger charge is 2.32. The molecular weight excluding hydrogens is 376 g/mol. The molecule has 0 bridgehead atoms. The van der Waals surface area contributed by atoms with E-state index in [1.807, 2.05) is 12.1 Å². The lowest BCUT2D eigenvalue weighted by molar-refractivity contribution is -0.135. The number of likely N-dealkylation sites (tertiary alicyclic amines) is 1. The van der Waals surface area contributed by atoms with Gasteiger partial charge in [0.2, 0.25) is 5.91 Å². The minimum atomic E-state index is -0.0530. The highest BCUT2D eigenvalue weighted by atomic mass is 16.5. The Labute approximate surface area is 181 Å². The van der Waals surface area contributed by atoms with Crippen molar-refractivity contribution in [3.05, 3.63) is 29.8 Å². The average Bonchev–Trinajstić information content (AvgIpc) is 3.25. The van der Waals surface area contributed by atoms with Crippen LogP contribution in [0.1, 0.15) is 57.9 Å². The fourth-order valence-corrected chi connectivity index (χ4v) is 4.52. The number of benzene rings is 1. The van der Waals surface area contributed by atoms with E-state index in [1.165, 1.54) is 24.8 Å². The summed E-state index contributed by atoms with van der Waals surface area (Å²) in [6.45, 7) is 6.82. The molecule has 30 heavy (non-hydrogen) atoms. The van der Waals surface area contributed by atoms with E-state index in [2.05, 4.69) is 46.5 Å². The Morgan fingerprint density at radius 3 is 2.50 bits per heavy atom. The first kappa shape index (κ1) is 22.4. The predicted octanol–water partition coefficient (Wildman–Crippen LogP) is 3.32. The van der Waals surface area contributed by atoms with Crippen molar-refractivity contribution in [2.75, 3.05) is 33.8 Å². The number of nitrogens with zero attached hydrogens (tertiary/aromatic N) is 2. The molecule has 2 N–H and O–H groups in total. The topological polar surface area (TPSA) is 66.0 Å². The molecule has 1 aliphatic heterocycles. The molecule has 1 saturated carbocycles. The van der Waals surface area contributed by atoms with Crippen molar-refractivity contribution in [3.63, 3.8) is 0 Å². The molecule has 1 unspecified atom stereocenters. The molecule has 2 fully saturated rings. The highest BCUT2D eigenvalue weighted by Crippen LogP contribution is 2.27. The molecule has 1 aliphatic carbocycles. The molecule has 1 amide bonds. The Morgan fingerprint density at radius 1 is 1.17 bits per heavy atom. The second kappa shape index (κ2) is 10.2. The van der Waals surface area contributed by atoms with Gasteiger partial charge in [0.25, 0.3) is 0 Å². The Kier molecular flexibility index (Phi) is 7.62. The van der Waals surface area contributed by atoms with E-state index in [1.54, 1.807) is 14.2 Å². The van der Waals surface area contributed by atoms with E-state index in [0.717, 1.165) is 50.6 Å². The number of hydrogen-bond donors (Lipinski definition) is 2. The van der Waals surface area contributed by atoms with Gasteiger partial charge in [-0.1, -0.05) is 45.2 Å². The van der Waals surface area contributed by atoms with Crippen LogP contribution in [0.25, 0.3) is 0 Å². The quantitative estimate of drug-likeness (QED) is 0.554. The fraction of sp³-hybridized carbons (Fsp3) is 0.667. The van der Waals surface area contributed by atoms with E-state index >= 15 is 0 Å². The third kappa shape index (κ3) is 5.67. The van der Waals surface area contributed by atoms with Crippen LogP contribution in [0.4, 0.5) is 0 Å². The SMILES string of the molecule is CN=C(NCC(C)(C)c1ccc(OC)cc1)NC1CCN(C(=O)C2CCCCC2)C1. The molecule has 0 spiro atoms. The van der Waals surface area contributed by atoms with Crippen LogP contribution >= 0.6 is 0 Å². The summed E-state index contributed by atoms with van der Waals surface area (Å²) in [6, 6.07) is 8.49. The summed E-state index contributed by atoms with van der Waals surface area (Å²) >= 11 is 0. The Bertz CT molecular complexity index is 723. The summed E-state index contributed by atoms with van der Waals surface area (Å²) in [5, 5.41) is 7.00. The van der Waals surface area contributed by atoms with E-state index < -0.39 is 0 Å². The molecule has 3 rings (SSSR count). The summed E-state index contributed by atoms with van der Waals surface area (Å²) < 4.78 is 5.26. The number of hydrogen-bond acceptors (Lipinski definition) is 3. The number of guanidine groups is 1. The largest absolute Gasteiger partial charge is 0.497 e. The molecule has 166 valence electrons. The number of carbonyl (C=O) groups excluding carboxylic acids is 1. The van der Waals surface area contributed by atoms with Crippen LogP contribution in [0.5, 0.6) is 5.75 Å². The van der Waals surface area contributed by atoms with Crippen molar-refractivity contribution in [1.29, 1.82) is 0 Å². The number of carbonyl (C=O) groups is 1. The maximum absolute atomic E-state index is 12.8. The number of aliphatic imine (C=N–C) groups is 1. The number of methoxy groups -OCH3 is 1. The summed E-state index contributed by atoms with van der Waals surface area (Å²) in [5.41, 5.74) is 1.19. The normalized spacial score (nSPS) is 20.9. The number of amides is 1. The van der Waals surface area contributed by atoms with Crippen LogP contribution in [0.3, 0.4) is 0 Å². The molecule has 6 nitrogen and oxygen atoms in total. The van der Waals surface area contributed by atoms with E-state index in [9.17, 15) is 4.79 Å². The van der Waals surface area contributed by atoms with Gasteiger partial charge in [-0.3, -0.25) is 9.79 Å². The van der Waals surface area contributed by atoms with Gasteiger partial charge < -0.3 is 20.3 Å². The third-order valence-corrected chi connectivity index (χ3v) is 6.59. The van der Waals surface area contributed by atoms with Crippen molar-refractivity contribution in [2.45, 2.75) is 63.8 Å². The van der Waals surface area contributed by atoms with E-state index in [0.29, 0.717) is 5.91 Å². The zero-order valence-electron chi connectivity index (χ0n) is 19.0. The molecule has 1 atom stereocenters. The van der Waals surface area contributed by atoms with Crippen LogP contribution in [-0.4, -0.2) is 56.6 Å². The molecular formula is C24H38N4O2. The number of rotatable bonds is 6. The van der Waals surface area contributed by atoms with Crippen molar-refractivity contribution in [3.8, 4) is 5.75 Å². The summed E-state index contributed by atoms with van der Waals surface area (Å²) in [4.78, 5) is 19.3. The van der Waals surface area contributed by atoms with Gasteiger partial charge in [-0.2, -0.15) is 0 Å². The minimum Gasteiger partial charge on any atom is -0.497 e. The van der Waals surface area contributed by atoms with Crippen LogP contribution in [0.2, 0.25) is 0 Å². The third-order valence-electron chi connectivity index (χ3n) is 6.59. The summed E-state index contributed by atoms with van der Waals surface area (Å²) in [6.07, 6.45) is 6.79. The molecule has 1 saturated heterocycles. The first-order chi connectivity index (χ1) is 14.4. The van der Waals surface area contributed by atoms with E-state index in [4.69, 9.17) is 4.74 Å². The first-order valence-corrected chi connectivity index (χ1v) is 11.3. The first-order valence-electron chi connectivity index (χ1n) is 11.3. The van der Waals surface area contributed by atoms with Crippen LogP contribution in [0, 0.1) is 5.92 Å². The molecule has 1 aromatic carbocycles.